The summed E-state index contributed by atoms with van der Waals surface area (Å²) in [5.74, 6) is 0.284. The highest BCUT2D eigenvalue weighted by atomic mass is 35.5. The van der Waals surface area contributed by atoms with E-state index in [1.165, 1.54) is 5.56 Å². The van der Waals surface area contributed by atoms with Gasteiger partial charge in [0.25, 0.3) is 0 Å². The smallest absolute Gasteiger partial charge is 0.321 e. The monoisotopic (exact) mass is 510 g/mol. The predicted molar refractivity (Wildman–Crippen MR) is 142 cm³/mol. The zero-order valence-electron chi connectivity index (χ0n) is 19.3. The maximum absolute atomic E-state index is 12.7. The van der Waals surface area contributed by atoms with E-state index in [1.54, 1.807) is 23.1 Å². The summed E-state index contributed by atoms with van der Waals surface area (Å²) in [6.45, 7) is 2.18. The third-order valence-electron chi connectivity index (χ3n) is 6.10. The van der Waals surface area contributed by atoms with E-state index in [0.717, 1.165) is 24.1 Å². The molecule has 0 bridgehead atoms. The summed E-state index contributed by atoms with van der Waals surface area (Å²) in [6.07, 6.45) is 1.72. The van der Waals surface area contributed by atoms with Crippen LogP contribution in [0.4, 0.5) is 16.2 Å². The quantitative estimate of drug-likeness (QED) is 0.357. The molecule has 6 nitrogen and oxygen atoms in total. The predicted octanol–water partition coefficient (Wildman–Crippen LogP) is 6.13. The van der Waals surface area contributed by atoms with Crippen LogP contribution >= 0.6 is 23.2 Å². The Balaban J connectivity index is 1.22. The van der Waals surface area contributed by atoms with Gasteiger partial charge in [-0.2, -0.15) is 0 Å². The number of likely N-dealkylation sites (tertiary alicyclic amines) is 1. The van der Waals surface area contributed by atoms with Gasteiger partial charge in [-0.25, -0.2) is 4.79 Å². The van der Waals surface area contributed by atoms with Crippen LogP contribution in [0.25, 0.3) is 0 Å². The molecule has 3 amide bonds. The lowest BCUT2D eigenvalue weighted by Gasteiger charge is -2.32. The second-order valence-electron chi connectivity index (χ2n) is 8.55. The molecule has 0 aliphatic carbocycles. The van der Waals surface area contributed by atoms with Gasteiger partial charge in [-0.15, -0.1) is 0 Å². The van der Waals surface area contributed by atoms with Gasteiger partial charge in [-0.05, 0) is 54.2 Å². The van der Waals surface area contributed by atoms with Crippen molar-refractivity contribution in [3.8, 4) is 0 Å². The van der Waals surface area contributed by atoms with Gasteiger partial charge < -0.3 is 20.9 Å². The van der Waals surface area contributed by atoms with Crippen molar-refractivity contribution in [2.24, 2.45) is 0 Å². The number of rotatable bonds is 7. The van der Waals surface area contributed by atoms with Crippen LogP contribution < -0.4 is 16.0 Å². The molecule has 0 atom stereocenters. The molecular weight excluding hydrogens is 483 g/mol. The third-order valence-corrected chi connectivity index (χ3v) is 6.73. The summed E-state index contributed by atoms with van der Waals surface area (Å²) in [7, 11) is 0. The Hall–Kier alpha value is -3.06. The summed E-state index contributed by atoms with van der Waals surface area (Å²) < 4.78 is 0. The first-order valence-electron chi connectivity index (χ1n) is 11.6. The Bertz CT molecular complexity index is 1130. The number of hydrogen-bond donors (Lipinski definition) is 3. The number of nitrogens with one attached hydrogen (secondary N) is 3. The highest BCUT2D eigenvalue weighted by Gasteiger charge is 2.24. The summed E-state index contributed by atoms with van der Waals surface area (Å²) in [5, 5.41) is 9.75. The van der Waals surface area contributed by atoms with Gasteiger partial charge in [0, 0.05) is 25.3 Å². The fourth-order valence-corrected chi connectivity index (χ4v) is 4.67. The van der Waals surface area contributed by atoms with Crippen molar-refractivity contribution in [2.75, 3.05) is 30.3 Å². The number of carbonyl (C=O) groups is 2. The maximum atomic E-state index is 12.7. The topological polar surface area (TPSA) is 73.5 Å². The third kappa shape index (κ3) is 6.98. The Morgan fingerprint density at radius 2 is 1.49 bits per heavy atom. The van der Waals surface area contributed by atoms with Crippen LogP contribution in [-0.4, -0.2) is 36.5 Å². The van der Waals surface area contributed by atoms with Crippen molar-refractivity contribution < 1.29 is 9.59 Å². The first kappa shape index (κ1) is 25.0. The SMILES string of the molecule is O=C(CNCc1ccccc1)Nc1ccc(C2CCN(C(=O)Nc3c(Cl)cccc3Cl)CC2)cc1. The molecule has 8 heteroatoms. The van der Waals surface area contributed by atoms with Crippen molar-refractivity contribution in [2.45, 2.75) is 25.3 Å². The summed E-state index contributed by atoms with van der Waals surface area (Å²) in [4.78, 5) is 26.7. The number of para-hydroxylation sites is 1. The molecule has 0 aromatic heterocycles. The largest absolute Gasteiger partial charge is 0.325 e. The minimum atomic E-state index is -0.197. The first-order valence-corrected chi connectivity index (χ1v) is 12.4. The lowest BCUT2D eigenvalue weighted by Crippen LogP contribution is -2.40. The van der Waals surface area contributed by atoms with Crippen LogP contribution in [0.2, 0.25) is 10.0 Å². The summed E-state index contributed by atoms with van der Waals surface area (Å²) in [6, 6.07) is 22.9. The van der Waals surface area contributed by atoms with Crippen LogP contribution in [-0.2, 0) is 11.3 Å². The van der Waals surface area contributed by atoms with E-state index in [1.807, 2.05) is 42.5 Å². The Morgan fingerprint density at radius 1 is 0.829 bits per heavy atom. The molecule has 1 aliphatic heterocycles. The number of anilines is 2. The zero-order valence-corrected chi connectivity index (χ0v) is 20.8. The number of piperidine rings is 1. The molecular formula is C27H28Cl2N4O2. The average Bonchev–Trinajstić information content (AvgIpc) is 2.87. The van der Waals surface area contributed by atoms with Gasteiger partial charge in [0.1, 0.15) is 0 Å². The second kappa shape index (κ2) is 12.1. The molecule has 4 rings (SSSR count). The molecule has 0 radical (unpaired) electrons. The Kier molecular flexibility index (Phi) is 8.64. The fraction of sp³-hybridized carbons (Fsp3) is 0.259. The Morgan fingerprint density at radius 3 is 2.14 bits per heavy atom. The highest BCUT2D eigenvalue weighted by Crippen LogP contribution is 2.32. The minimum Gasteiger partial charge on any atom is -0.325 e. The van der Waals surface area contributed by atoms with Gasteiger partial charge in [0.05, 0.1) is 22.3 Å². The van der Waals surface area contributed by atoms with Crippen LogP contribution in [0.3, 0.4) is 0 Å². The molecule has 1 fully saturated rings. The first-order chi connectivity index (χ1) is 17.0. The number of carbonyl (C=O) groups excluding carboxylic acids is 2. The molecule has 35 heavy (non-hydrogen) atoms. The van der Waals surface area contributed by atoms with Crippen molar-refractivity contribution in [1.82, 2.24) is 10.2 Å². The van der Waals surface area contributed by atoms with E-state index in [4.69, 9.17) is 23.2 Å². The zero-order chi connectivity index (χ0) is 24.6. The van der Waals surface area contributed by atoms with Gasteiger partial charge in [0.15, 0.2) is 0 Å². The maximum Gasteiger partial charge on any atom is 0.321 e. The molecule has 3 aromatic carbocycles. The summed E-state index contributed by atoms with van der Waals surface area (Å²) in [5.41, 5.74) is 3.56. The van der Waals surface area contributed by atoms with Crippen LogP contribution in [0.15, 0.2) is 72.8 Å². The van der Waals surface area contributed by atoms with E-state index in [0.29, 0.717) is 41.3 Å². The van der Waals surface area contributed by atoms with Gasteiger partial charge in [-0.3, -0.25) is 4.79 Å². The molecule has 182 valence electrons. The lowest BCUT2D eigenvalue weighted by molar-refractivity contribution is -0.115. The van der Waals surface area contributed by atoms with Crippen LogP contribution in [0.5, 0.6) is 0 Å². The van der Waals surface area contributed by atoms with Crippen LogP contribution in [0, 0.1) is 0 Å². The second-order valence-corrected chi connectivity index (χ2v) is 9.36. The molecule has 0 saturated carbocycles. The van der Waals surface area contributed by atoms with E-state index < -0.39 is 0 Å². The lowest BCUT2D eigenvalue weighted by atomic mass is 9.89. The minimum absolute atomic E-state index is 0.0772. The number of amides is 3. The van der Waals surface area contributed by atoms with E-state index >= 15 is 0 Å². The van der Waals surface area contributed by atoms with Gasteiger partial charge >= 0.3 is 6.03 Å². The normalized spacial score (nSPS) is 13.9. The molecule has 3 aromatic rings. The van der Waals surface area contributed by atoms with Crippen molar-refractivity contribution in [3.63, 3.8) is 0 Å². The van der Waals surface area contributed by atoms with Crippen molar-refractivity contribution in [3.05, 3.63) is 94.0 Å². The molecule has 0 unspecified atom stereocenters. The molecule has 1 aliphatic rings. The number of benzene rings is 3. The standard InChI is InChI=1S/C27H28Cl2N4O2/c28-23-7-4-8-24(29)26(23)32-27(35)33-15-13-21(14-16-33)20-9-11-22(12-10-20)31-25(34)18-30-17-19-5-2-1-3-6-19/h1-12,21,30H,13-18H2,(H,31,34)(H,32,35). The van der Waals surface area contributed by atoms with Crippen LogP contribution in [0.1, 0.15) is 29.9 Å². The number of urea groups is 1. The van der Waals surface area contributed by atoms with Gasteiger partial charge in [-0.1, -0.05) is 71.7 Å². The molecule has 3 N–H and O–H groups in total. The highest BCUT2D eigenvalue weighted by molar-refractivity contribution is 6.39. The molecule has 1 heterocycles. The molecule has 1 saturated heterocycles. The van der Waals surface area contributed by atoms with Gasteiger partial charge in [0.2, 0.25) is 5.91 Å². The number of hydrogen-bond acceptors (Lipinski definition) is 3. The average molecular weight is 511 g/mol. The Labute approximate surface area is 215 Å². The molecule has 0 spiro atoms. The van der Waals surface area contributed by atoms with E-state index in [9.17, 15) is 9.59 Å². The summed E-state index contributed by atoms with van der Waals surface area (Å²) >= 11 is 12.3. The van der Waals surface area contributed by atoms with E-state index in [-0.39, 0.29) is 18.5 Å². The number of halogens is 2. The number of nitrogens with zero attached hydrogens (tertiary/aromatic N) is 1. The van der Waals surface area contributed by atoms with E-state index in [2.05, 4.69) is 28.1 Å². The van der Waals surface area contributed by atoms with Crippen molar-refractivity contribution in [1.29, 1.82) is 0 Å². The van der Waals surface area contributed by atoms with Crippen molar-refractivity contribution >= 4 is 46.5 Å². The fourth-order valence-electron chi connectivity index (χ4n) is 4.18.